The van der Waals surface area contributed by atoms with E-state index in [1.165, 1.54) is 26.4 Å². The van der Waals surface area contributed by atoms with Crippen LogP contribution in [0.25, 0.3) is 0 Å². The van der Waals surface area contributed by atoms with E-state index in [2.05, 4.69) is 0 Å². The van der Waals surface area contributed by atoms with Crippen molar-refractivity contribution in [1.82, 2.24) is 0 Å². The third kappa shape index (κ3) is 4.44. The van der Waals surface area contributed by atoms with E-state index < -0.39 is 29.9 Å². The lowest BCUT2D eigenvalue weighted by Gasteiger charge is -2.27. The normalized spacial score (nSPS) is 15.1. The summed E-state index contributed by atoms with van der Waals surface area (Å²) in [5.41, 5.74) is 6.08. The fourth-order valence-corrected chi connectivity index (χ4v) is 3.12. The minimum atomic E-state index is -0.982. The van der Waals surface area contributed by atoms with Crippen LogP contribution in [0.4, 0.5) is 0 Å². The van der Waals surface area contributed by atoms with E-state index in [1.807, 2.05) is 0 Å². The number of methoxy groups -OCH3 is 2. The molecule has 10 heteroatoms. The van der Waals surface area contributed by atoms with Crippen LogP contribution < -0.4 is 15.9 Å². The van der Waals surface area contributed by atoms with E-state index in [-0.39, 0.29) is 47.5 Å². The molecule has 0 amide bonds. The van der Waals surface area contributed by atoms with Crippen LogP contribution in [0.1, 0.15) is 33.4 Å². The summed E-state index contributed by atoms with van der Waals surface area (Å²) >= 11 is 0. The number of carbonyl (C=O) groups excluding carboxylic acids is 2. The summed E-state index contributed by atoms with van der Waals surface area (Å²) in [7, 11) is 2.71. The van der Waals surface area contributed by atoms with Crippen LogP contribution in [0.3, 0.4) is 0 Å². The molecule has 3 N–H and O–H groups in total. The molecule has 2 aromatic rings. The van der Waals surface area contributed by atoms with Crippen molar-refractivity contribution in [1.29, 1.82) is 0 Å². The topological polar surface area (TPSA) is 148 Å². The summed E-state index contributed by atoms with van der Waals surface area (Å²) in [6.07, 6.45) is 0. The Morgan fingerprint density at radius 2 is 1.84 bits per heavy atom. The molecule has 2 heterocycles. The fourth-order valence-electron chi connectivity index (χ4n) is 3.12. The molecule has 0 bridgehead atoms. The Morgan fingerprint density at radius 3 is 2.45 bits per heavy atom. The minimum absolute atomic E-state index is 0.0175. The van der Waals surface area contributed by atoms with Crippen LogP contribution in [0.5, 0.6) is 5.75 Å². The third-order valence-corrected chi connectivity index (χ3v) is 4.57. The summed E-state index contributed by atoms with van der Waals surface area (Å²) in [4.78, 5) is 37.0. The molecule has 31 heavy (non-hydrogen) atoms. The molecule has 0 saturated heterocycles. The van der Waals surface area contributed by atoms with Crippen molar-refractivity contribution in [2.75, 3.05) is 27.4 Å². The average molecular weight is 431 g/mol. The van der Waals surface area contributed by atoms with Crippen LogP contribution in [0.2, 0.25) is 0 Å². The zero-order chi connectivity index (χ0) is 22.5. The highest BCUT2D eigenvalue weighted by Crippen LogP contribution is 2.41. The SMILES string of the molecule is COCCOC(=O)C1=C(N)Oc2c(oc(CO)cc2=O)[C@@H]1c1ccc(C(=O)OC)cc1. The van der Waals surface area contributed by atoms with Gasteiger partial charge in [0.2, 0.25) is 17.1 Å². The van der Waals surface area contributed by atoms with Gasteiger partial charge >= 0.3 is 11.9 Å². The van der Waals surface area contributed by atoms with Gasteiger partial charge in [0.25, 0.3) is 0 Å². The Morgan fingerprint density at radius 1 is 1.13 bits per heavy atom. The molecular weight excluding hydrogens is 410 g/mol. The lowest BCUT2D eigenvalue weighted by Crippen LogP contribution is -2.30. The second kappa shape index (κ2) is 9.45. The summed E-state index contributed by atoms with van der Waals surface area (Å²) in [5.74, 6) is -2.87. The zero-order valence-electron chi connectivity index (χ0n) is 16.9. The number of benzene rings is 1. The van der Waals surface area contributed by atoms with Crippen molar-refractivity contribution in [2.45, 2.75) is 12.5 Å². The lowest BCUT2D eigenvalue weighted by molar-refractivity contribution is -0.140. The maximum atomic E-state index is 12.8. The number of esters is 2. The van der Waals surface area contributed by atoms with E-state index >= 15 is 0 Å². The molecule has 1 aliphatic rings. The number of ether oxygens (including phenoxy) is 4. The highest BCUT2D eigenvalue weighted by atomic mass is 16.6. The molecule has 0 unspecified atom stereocenters. The molecule has 0 fully saturated rings. The summed E-state index contributed by atoms with van der Waals surface area (Å²) in [6.45, 7) is -0.407. The standard InChI is InChI=1S/C21H21NO9/c1-27-7-8-29-21(26)16-15(11-3-5-12(6-4-11)20(25)28-2)18-17(31-19(16)22)14(24)9-13(10-23)30-18/h3-6,9,15,23H,7-8,10,22H2,1-2H3/t15-/m1/s1. The van der Waals surface area contributed by atoms with Gasteiger partial charge in [0.1, 0.15) is 24.5 Å². The number of rotatable bonds is 7. The Bertz CT molecular complexity index is 1070. The van der Waals surface area contributed by atoms with Gasteiger partial charge in [-0.25, -0.2) is 9.59 Å². The van der Waals surface area contributed by atoms with Crippen LogP contribution in [-0.4, -0.2) is 44.5 Å². The number of aliphatic hydroxyl groups is 1. The van der Waals surface area contributed by atoms with E-state index in [0.717, 1.165) is 6.07 Å². The van der Waals surface area contributed by atoms with Gasteiger partial charge in [0.15, 0.2) is 5.76 Å². The van der Waals surface area contributed by atoms with Gasteiger partial charge in [-0.2, -0.15) is 0 Å². The Hall–Kier alpha value is -3.63. The molecule has 1 atom stereocenters. The van der Waals surface area contributed by atoms with E-state index in [0.29, 0.717) is 5.56 Å². The van der Waals surface area contributed by atoms with Gasteiger partial charge in [-0.05, 0) is 17.7 Å². The first-order valence-corrected chi connectivity index (χ1v) is 9.20. The van der Waals surface area contributed by atoms with Crippen molar-refractivity contribution in [2.24, 2.45) is 5.73 Å². The van der Waals surface area contributed by atoms with Gasteiger partial charge in [0, 0.05) is 13.2 Å². The monoisotopic (exact) mass is 431 g/mol. The van der Waals surface area contributed by atoms with Crippen LogP contribution in [0.15, 0.2) is 51.0 Å². The van der Waals surface area contributed by atoms with Crippen molar-refractivity contribution in [3.8, 4) is 5.75 Å². The number of aliphatic hydroxyl groups excluding tert-OH is 1. The number of nitrogens with two attached hydrogens (primary N) is 1. The molecule has 3 rings (SSSR count). The summed E-state index contributed by atoms with van der Waals surface area (Å²) in [6, 6.07) is 7.19. The summed E-state index contributed by atoms with van der Waals surface area (Å²) in [5, 5.41) is 9.45. The average Bonchev–Trinajstić information content (AvgIpc) is 2.78. The first kappa shape index (κ1) is 22.1. The van der Waals surface area contributed by atoms with Crippen molar-refractivity contribution in [3.63, 3.8) is 0 Å². The van der Waals surface area contributed by atoms with Gasteiger partial charge in [-0.15, -0.1) is 0 Å². The first-order chi connectivity index (χ1) is 14.9. The molecule has 1 aliphatic heterocycles. The van der Waals surface area contributed by atoms with Crippen molar-refractivity contribution < 1.29 is 38.1 Å². The fraction of sp³-hybridized carbons (Fsp3) is 0.286. The minimum Gasteiger partial charge on any atom is -0.465 e. The maximum absolute atomic E-state index is 12.8. The predicted molar refractivity (Wildman–Crippen MR) is 105 cm³/mol. The van der Waals surface area contributed by atoms with Gasteiger partial charge < -0.3 is 34.2 Å². The largest absolute Gasteiger partial charge is 0.465 e. The van der Waals surface area contributed by atoms with E-state index in [4.69, 9.17) is 29.1 Å². The van der Waals surface area contributed by atoms with Gasteiger partial charge in [-0.1, -0.05) is 12.1 Å². The molecule has 10 nitrogen and oxygen atoms in total. The lowest BCUT2D eigenvalue weighted by atomic mass is 9.86. The molecule has 0 saturated carbocycles. The smallest absolute Gasteiger partial charge is 0.340 e. The molecule has 0 radical (unpaired) electrons. The maximum Gasteiger partial charge on any atom is 0.340 e. The highest BCUT2D eigenvalue weighted by Gasteiger charge is 2.39. The molecule has 0 spiro atoms. The van der Waals surface area contributed by atoms with Gasteiger partial charge in [-0.3, -0.25) is 4.79 Å². The third-order valence-electron chi connectivity index (χ3n) is 4.57. The highest BCUT2D eigenvalue weighted by molar-refractivity contribution is 5.93. The van der Waals surface area contributed by atoms with Crippen LogP contribution in [0, 0.1) is 0 Å². The summed E-state index contributed by atoms with van der Waals surface area (Å²) < 4.78 is 25.8. The second-order valence-corrected chi connectivity index (χ2v) is 6.48. The molecular formula is C21H21NO9. The van der Waals surface area contributed by atoms with Crippen LogP contribution in [-0.2, 0) is 25.6 Å². The van der Waals surface area contributed by atoms with Gasteiger partial charge in [0.05, 0.1) is 25.2 Å². The number of carbonyl (C=O) groups is 2. The number of hydrogen-bond acceptors (Lipinski definition) is 10. The number of fused-ring (bicyclic) bond motifs is 1. The van der Waals surface area contributed by atoms with Crippen LogP contribution >= 0.6 is 0 Å². The van der Waals surface area contributed by atoms with Crippen molar-refractivity contribution in [3.05, 3.63) is 74.7 Å². The predicted octanol–water partition coefficient (Wildman–Crippen LogP) is 0.803. The Balaban J connectivity index is 2.14. The van der Waals surface area contributed by atoms with E-state index in [1.54, 1.807) is 12.1 Å². The van der Waals surface area contributed by atoms with E-state index in [9.17, 15) is 19.5 Å². The Labute approximate surface area is 176 Å². The first-order valence-electron chi connectivity index (χ1n) is 9.20. The molecule has 0 aliphatic carbocycles. The molecule has 1 aromatic carbocycles. The molecule has 1 aromatic heterocycles. The number of hydrogen-bond donors (Lipinski definition) is 2. The zero-order valence-corrected chi connectivity index (χ0v) is 16.9. The van der Waals surface area contributed by atoms with Crippen molar-refractivity contribution >= 4 is 11.9 Å². The quantitative estimate of drug-likeness (QED) is 0.476. The molecule has 164 valence electrons. The Kier molecular flexibility index (Phi) is 6.73. The second-order valence-electron chi connectivity index (χ2n) is 6.48.